The molecule has 0 radical (unpaired) electrons. The number of benzene rings is 2. The fourth-order valence-corrected chi connectivity index (χ4v) is 3.97. The Labute approximate surface area is 151 Å². The van der Waals surface area contributed by atoms with Crippen molar-refractivity contribution >= 4 is 43.4 Å². The maximum atomic E-state index is 7.81. The SMILES string of the molecule is [2H]C([2H])([2H])c1cnc(-c2cccc3c2oc2c3ccc3ccsc32)cc1C([2H])([2H])[2H]. The van der Waals surface area contributed by atoms with E-state index in [2.05, 4.69) is 4.98 Å². The zero-order valence-electron chi connectivity index (χ0n) is 18.5. The van der Waals surface area contributed by atoms with Crippen molar-refractivity contribution in [2.45, 2.75) is 13.7 Å². The van der Waals surface area contributed by atoms with Gasteiger partial charge in [-0.2, -0.15) is 0 Å². The van der Waals surface area contributed by atoms with Crippen LogP contribution in [0.3, 0.4) is 0 Å². The van der Waals surface area contributed by atoms with Crippen LogP contribution in [-0.4, -0.2) is 4.98 Å². The van der Waals surface area contributed by atoms with Crippen molar-refractivity contribution in [2.24, 2.45) is 0 Å². The number of fused-ring (bicyclic) bond motifs is 5. The van der Waals surface area contributed by atoms with Gasteiger partial charge in [-0.1, -0.05) is 18.2 Å². The average molecular weight is 335 g/mol. The number of para-hydroxylation sites is 1. The molecule has 0 fully saturated rings. The molecule has 0 atom stereocenters. The van der Waals surface area contributed by atoms with Crippen LogP contribution < -0.4 is 0 Å². The summed E-state index contributed by atoms with van der Waals surface area (Å²) in [6.45, 7) is -5.14. The summed E-state index contributed by atoms with van der Waals surface area (Å²) in [6.07, 6.45) is 1.14. The van der Waals surface area contributed by atoms with Crippen molar-refractivity contribution < 1.29 is 12.6 Å². The minimum atomic E-state index is -2.58. The van der Waals surface area contributed by atoms with Gasteiger partial charge in [-0.3, -0.25) is 4.98 Å². The van der Waals surface area contributed by atoms with Gasteiger partial charge < -0.3 is 4.42 Å². The van der Waals surface area contributed by atoms with Crippen LogP contribution in [-0.2, 0) is 0 Å². The van der Waals surface area contributed by atoms with Crippen LogP contribution in [0.15, 0.2) is 58.5 Å². The van der Waals surface area contributed by atoms with Crippen LogP contribution in [0.5, 0.6) is 0 Å². The summed E-state index contributed by atoms with van der Waals surface area (Å²) in [5.74, 6) is 0. The zero-order valence-corrected chi connectivity index (χ0v) is 13.3. The normalized spacial score (nSPS) is 16.5. The first-order valence-electron chi connectivity index (χ1n) is 10.5. The molecule has 0 aliphatic heterocycles. The molecule has 0 spiro atoms. The van der Waals surface area contributed by atoms with Crippen LogP contribution >= 0.6 is 11.3 Å². The van der Waals surface area contributed by atoms with E-state index in [1.165, 1.54) is 6.07 Å². The van der Waals surface area contributed by atoms with E-state index in [4.69, 9.17) is 12.6 Å². The average Bonchev–Trinajstić information content (AvgIpc) is 3.30. The summed E-state index contributed by atoms with van der Waals surface area (Å²) in [5.41, 5.74) is 1.88. The quantitative estimate of drug-likeness (QED) is 0.350. The lowest BCUT2D eigenvalue weighted by atomic mass is 10.0. The molecule has 3 heterocycles. The zero-order chi connectivity index (χ0) is 21.3. The number of aryl methyl sites for hydroxylation is 2. The molecule has 3 aromatic heterocycles. The summed E-state index contributed by atoms with van der Waals surface area (Å²) in [6, 6.07) is 13.1. The van der Waals surface area contributed by atoms with Gasteiger partial charge in [0.05, 0.1) is 10.4 Å². The Hall–Kier alpha value is -2.65. The lowest BCUT2D eigenvalue weighted by molar-refractivity contribution is 0.674. The molecule has 0 aliphatic rings. The topological polar surface area (TPSA) is 26.0 Å². The number of aromatic nitrogens is 1. The Kier molecular flexibility index (Phi) is 1.84. The fraction of sp³-hybridized carbons (Fsp3) is 0.0952. The van der Waals surface area contributed by atoms with Gasteiger partial charge in [-0.15, -0.1) is 11.3 Å². The molecular weight excluding hydrogens is 314 g/mol. The first-order valence-corrected chi connectivity index (χ1v) is 8.35. The van der Waals surface area contributed by atoms with Crippen LogP contribution in [0.25, 0.3) is 43.3 Å². The van der Waals surface area contributed by atoms with Gasteiger partial charge >= 0.3 is 0 Å². The summed E-state index contributed by atoms with van der Waals surface area (Å²) >= 11 is 1.60. The van der Waals surface area contributed by atoms with Gasteiger partial charge in [-0.05, 0) is 59.9 Å². The molecule has 0 N–H and O–H groups in total. The molecule has 116 valence electrons. The predicted octanol–water partition coefficient (Wildman–Crippen LogP) is 6.48. The monoisotopic (exact) mass is 335 g/mol. The van der Waals surface area contributed by atoms with E-state index in [-0.39, 0.29) is 11.1 Å². The molecule has 24 heavy (non-hydrogen) atoms. The summed E-state index contributed by atoms with van der Waals surface area (Å²) in [5, 5.41) is 4.97. The van der Waals surface area contributed by atoms with Crippen LogP contribution in [0.2, 0.25) is 0 Å². The number of thiophene rings is 1. The Bertz CT molecular complexity index is 1430. The van der Waals surface area contributed by atoms with Crippen molar-refractivity contribution in [2.75, 3.05) is 0 Å². The van der Waals surface area contributed by atoms with Crippen molar-refractivity contribution in [1.82, 2.24) is 4.98 Å². The molecule has 0 saturated heterocycles. The largest absolute Gasteiger partial charge is 0.454 e. The molecule has 0 bridgehead atoms. The lowest BCUT2D eigenvalue weighted by Gasteiger charge is -2.05. The molecule has 5 aromatic rings. The second-order valence-electron chi connectivity index (χ2n) is 5.68. The van der Waals surface area contributed by atoms with E-state index in [0.29, 0.717) is 16.8 Å². The Balaban J connectivity index is 1.80. The Morgan fingerprint density at radius 2 is 1.92 bits per heavy atom. The fourth-order valence-electron chi connectivity index (χ4n) is 3.08. The van der Waals surface area contributed by atoms with Crippen molar-refractivity contribution in [3.8, 4) is 11.3 Å². The summed E-state index contributed by atoms with van der Waals surface area (Å²) in [4.78, 5) is 4.29. The summed E-state index contributed by atoms with van der Waals surface area (Å²) in [7, 11) is 0. The van der Waals surface area contributed by atoms with Gasteiger partial charge in [0.15, 0.2) is 5.58 Å². The van der Waals surface area contributed by atoms with Gasteiger partial charge in [0, 0.05) is 30.8 Å². The second-order valence-corrected chi connectivity index (χ2v) is 6.60. The third kappa shape index (κ3) is 1.85. The van der Waals surface area contributed by atoms with Gasteiger partial charge in [-0.25, -0.2) is 0 Å². The van der Waals surface area contributed by atoms with Gasteiger partial charge in [0.25, 0.3) is 0 Å². The molecule has 0 saturated carbocycles. The van der Waals surface area contributed by atoms with Gasteiger partial charge in [0.2, 0.25) is 0 Å². The number of hydrogen-bond acceptors (Lipinski definition) is 3. The third-order valence-electron chi connectivity index (χ3n) is 4.27. The van der Waals surface area contributed by atoms with E-state index >= 15 is 0 Å². The lowest BCUT2D eigenvalue weighted by Crippen LogP contribution is -1.88. The highest BCUT2D eigenvalue weighted by molar-refractivity contribution is 7.18. The van der Waals surface area contributed by atoms with Gasteiger partial charge in [0.1, 0.15) is 5.58 Å². The summed E-state index contributed by atoms with van der Waals surface area (Å²) < 4.78 is 53.7. The Morgan fingerprint density at radius 1 is 1.00 bits per heavy atom. The molecule has 0 unspecified atom stereocenters. The standard InChI is InChI=1S/C21H15NOS/c1-12-10-18(22-11-13(12)2)17-5-3-4-15-16-7-6-14-8-9-24-21(14)20(16)23-19(15)17/h3-11H,1-2H3/i1D3,2D3. The van der Waals surface area contributed by atoms with Crippen LogP contribution in [0.4, 0.5) is 0 Å². The number of pyridine rings is 1. The smallest absolute Gasteiger partial charge is 0.153 e. The minimum absolute atomic E-state index is 0.221. The molecular formula is C21H15NOS. The molecule has 5 rings (SSSR count). The third-order valence-corrected chi connectivity index (χ3v) is 5.19. The van der Waals surface area contributed by atoms with E-state index in [9.17, 15) is 0 Å². The molecule has 3 heteroatoms. The minimum Gasteiger partial charge on any atom is -0.454 e. The first kappa shape index (κ1) is 9.00. The number of nitrogens with zero attached hydrogens (tertiary/aromatic N) is 1. The maximum absolute atomic E-state index is 7.81. The number of rotatable bonds is 1. The Morgan fingerprint density at radius 3 is 2.83 bits per heavy atom. The number of hydrogen-bond donors (Lipinski definition) is 0. The highest BCUT2D eigenvalue weighted by atomic mass is 32.1. The van der Waals surface area contributed by atoms with Crippen molar-refractivity contribution in [3.05, 3.63) is 65.2 Å². The predicted molar refractivity (Wildman–Crippen MR) is 102 cm³/mol. The highest BCUT2D eigenvalue weighted by Crippen LogP contribution is 2.39. The number of furan rings is 1. The molecule has 2 nitrogen and oxygen atoms in total. The second kappa shape index (κ2) is 4.92. The molecule has 0 aliphatic carbocycles. The maximum Gasteiger partial charge on any atom is 0.153 e. The van der Waals surface area contributed by atoms with Crippen LogP contribution in [0.1, 0.15) is 19.4 Å². The van der Waals surface area contributed by atoms with E-state index in [0.717, 1.165) is 32.6 Å². The van der Waals surface area contributed by atoms with Crippen molar-refractivity contribution in [1.29, 1.82) is 0 Å². The van der Waals surface area contributed by atoms with E-state index in [1.54, 1.807) is 17.4 Å². The molecule has 2 aromatic carbocycles. The van der Waals surface area contributed by atoms with E-state index in [1.807, 2.05) is 35.7 Å². The van der Waals surface area contributed by atoms with Crippen LogP contribution in [0, 0.1) is 13.7 Å². The van der Waals surface area contributed by atoms with E-state index < -0.39 is 13.7 Å². The van der Waals surface area contributed by atoms with Crippen molar-refractivity contribution in [3.63, 3.8) is 0 Å². The molecule has 0 amide bonds. The first-order chi connectivity index (χ1) is 14.1. The highest BCUT2D eigenvalue weighted by Gasteiger charge is 2.15.